The Morgan fingerprint density at radius 2 is 1.79 bits per heavy atom. The monoisotopic (exact) mass is 433 g/mol. The van der Waals surface area contributed by atoms with Crippen LogP contribution in [0, 0.1) is 0 Å². The van der Waals surface area contributed by atoms with E-state index >= 15 is 0 Å². The number of carbonyl (C=O) groups excluding carboxylic acids is 2. The molecule has 1 unspecified atom stereocenters. The van der Waals surface area contributed by atoms with Crippen molar-refractivity contribution >= 4 is 40.8 Å². The van der Waals surface area contributed by atoms with E-state index in [1.807, 2.05) is 0 Å². The lowest BCUT2D eigenvalue weighted by Crippen LogP contribution is -2.30. The van der Waals surface area contributed by atoms with Crippen LogP contribution in [0.25, 0.3) is 0 Å². The SMILES string of the molecule is COc1cc(C(=O)OC(C)C(=O)Nc2cc(Cl)ccc2Cl)ccc1OC(F)F. The third-order valence-corrected chi connectivity index (χ3v) is 4.02. The topological polar surface area (TPSA) is 73.9 Å². The van der Waals surface area contributed by atoms with Gasteiger partial charge in [0, 0.05) is 5.02 Å². The molecular formula is C18H15Cl2F2NO5. The lowest BCUT2D eigenvalue weighted by atomic mass is 10.2. The molecule has 0 aromatic heterocycles. The number of rotatable bonds is 7. The van der Waals surface area contributed by atoms with Gasteiger partial charge in [0.05, 0.1) is 23.4 Å². The Labute approximate surface area is 169 Å². The van der Waals surface area contributed by atoms with Gasteiger partial charge < -0.3 is 19.5 Å². The fourth-order valence-electron chi connectivity index (χ4n) is 2.10. The van der Waals surface area contributed by atoms with E-state index in [0.717, 1.165) is 6.07 Å². The molecule has 1 N–H and O–H groups in total. The van der Waals surface area contributed by atoms with Gasteiger partial charge in [0.1, 0.15) is 0 Å². The minimum atomic E-state index is -3.05. The van der Waals surface area contributed by atoms with E-state index in [0.29, 0.717) is 5.02 Å². The van der Waals surface area contributed by atoms with Gasteiger partial charge in [0.25, 0.3) is 5.91 Å². The van der Waals surface area contributed by atoms with Crippen LogP contribution in [0.1, 0.15) is 17.3 Å². The average molecular weight is 434 g/mol. The Morgan fingerprint density at radius 3 is 2.43 bits per heavy atom. The minimum Gasteiger partial charge on any atom is -0.493 e. The number of carbonyl (C=O) groups is 2. The van der Waals surface area contributed by atoms with Crippen molar-refractivity contribution in [1.82, 2.24) is 0 Å². The van der Waals surface area contributed by atoms with E-state index in [9.17, 15) is 18.4 Å². The standard InChI is InChI=1S/C18H15Cl2F2NO5/c1-9(16(24)23-13-8-11(19)4-5-12(13)20)27-17(25)10-3-6-14(28-18(21)22)15(7-10)26-2/h3-9,18H,1-2H3,(H,23,24). The lowest BCUT2D eigenvalue weighted by Gasteiger charge is -2.15. The van der Waals surface area contributed by atoms with Crippen molar-refractivity contribution in [3.63, 3.8) is 0 Å². The predicted molar refractivity (Wildman–Crippen MR) is 99.6 cm³/mol. The van der Waals surface area contributed by atoms with Crippen LogP contribution in [0.3, 0.4) is 0 Å². The van der Waals surface area contributed by atoms with Crippen LogP contribution in [0.4, 0.5) is 14.5 Å². The number of esters is 1. The number of hydrogen-bond acceptors (Lipinski definition) is 5. The van der Waals surface area contributed by atoms with Gasteiger partial charge in [-0.3, -0.25) is 4.79 Å². The third-order valence-electron chi connectivity index (χ3n) is 3.45. The molecule has 2 aromatic carbocycles. The van der Waals surface area contributed by atoms with Crippen molar-refractivity contribution in [3.05, 3.63) is 52.0 Å². The summed E-state index contributed by atoms with van der Waals surface area (Å²) in [5, 5.41) is 3.12. The number of methoxy groups -OCH3 is 1. The van der Waals surface area contributed by atoms with Gasteiger partial charge >= 0.3 is 12.6 Å². The quantitative estimate of drug-likeness (QED) is 0.635. The summed E-state index contributed by atoms with van der Waals surface area (Å²) in [5.74, 6) is -1.82. The van der Waals surface area contributed by atoms with Gasteiger partial charge in [0.2, 0.25) is 0 Å². The average Bonchev–Trinajstić information content (AvgIpc) is 2.64. The third kappa shape index (κ3) is 5.71. The zero-order valence-electron chi connectivity index (χ0n) is 14.7. The molecule has 0 aliphatic rings. The fourth-order valence-corrected chi connectivity index (χ4v) is 2.43. The zero-order valence-corrected chi connectivity index (χ0v) is 16.2. The van der Waals surface area contributed by atoms with Crippen LogP contribution < -0.4 is 14.8 Å². The predicted octanol–water partition coefficient (Wildman–Crippen LogP) is 4.79. The van der Waals surface area contributed by atoms with Gasteiger partial charge in [-0.05, 0) is 43.3 Å². The largest absolute Gasteiger partial charge is 0.493 e. The van der Waals surface area contributed by atoms with E-state index in [4.69, 9.17) is 32.7 Å². The number of nitrogens with one attached hydrogen (secondary N) is 1. The van der Waals surface area contributed by atoms with Crippen LogP contribution >= 0.6 is 23.2 Å². The van der Waals surface area contributed by atoms with Gasteiger partial charge in [-0.1, -0.05) is 23.2 Å². The van der Waals surface area contributed by atoms with Gasteiger partial charge in [-0.25, -0.2) is 4.79 Å². The summed E-state index contributed by atoms with van der Waals surface area (Å²) in [6.45, 7) is -1.69. The van der Waals surface area contributed by atoms with Crippen LogP contribution in [0.5, 0.6) is 11.5 Å². The Bertz CT molecular complexity index is 879. The molecule has 1 atom stereocenters. The zero-order chi connectivity index (χ0) is 20.8. The van der Waals surface area contributed by atoms with E-state index in [-0.39, 0.29) is 27.8 Å². The molecule has 0 heterocycles. The first-order valence-electron chi connectivity index (χ1n) is 7.81. The molecule has 2 rings (SSSR count). The maximum absolute atomic E-state index is 12.4. The maximum Gasteiger partial charge on any atom is 0.387 e. The Hall–Kier alpha value is -2.58. The first-order chi connectivity index (χ1) is 13.2. The van der Waals surface area contributed by atoms with Gasteiger partial charge in [-0.2, -0.15) is 8.78 Å². The van der Waals surface area contributed by atoms with Crippen LogP contribution in [0.2, 0.25) is 10.0 Å². The molecule has 0 fully saturated rings. The molecule has 0 aliphatic carbocycles. The van der Waals surface area contributed by atoms with Crippen molar-refractivity contribution in [1.29, 1.82) is 0 Å². The number of halogens is 4. The van der Waals surface area contributed by atoms with E-state index in [1.165, 1.54) is 38.3 Å². The summed E-state index contributed by atoms with van der Waals surface area (Å²) in [7, 11) is 1.23. The summed E-state index contributed by atoms with van der Waals surface area (Å²) >= 11 is 11.8. The van der Waals surface area contributed by atoms with Crippen LogP contribution in [-0.2, 0) is 9.53 Å². The maximum atomic E-state index is 12.4. The van der Waals surface area contributed by atoms with Crippen molar-refractivity contribution in [2.45, 2.75) is 19.6 Å². The Balaban J connectivity index is 2.07. The molecule has 6 nitrogen and oxygen atoms in total. The molecule has 150 valence electrons. The molecule has 0 bridgehead atoms. The molecule has 28 heavy (non-hydrogen) atoms. The van der Waals surface area contributed by atoms with E-state index < -0.39 is 24.6 Å². The normalized spacial score (nSPS) is 11.7. The summed E-state index contributed by atoms with van der Waals surface area (Å²) in [4.78, 5) is 24.5. The number of anilines is 1. The Kier molecular flexibility index (Phi) is 7.42. The highest BCUT2D eigenvalue weighted by atomic mass is 35.5. The summed E-state index contributed by atoms with van der Waals surface area (Å²) in [5.41, 5.74) is 0.246. The highest BCUT2D eigenvalue weighted by Crippen LogP contribution is 2.30. The second-order valence-electron chi connectivity index (χ2n) is 5.41. The molecule has 0 radical (unpaired) electrons. The summed E-state index contributed by atoms with van der Waals surface area (Å²) < 4.78 is 39.0. The van der Waals surface area contributed by atoms with Crippen LogP contribution in [-0.4, -0.2) is 31.7 Å². The number of ether oxygens (including phenoxy) is 3. The first-order valence-corrected chi connectivity index (χ1v) is 8.56. The molecule has 0 saturated carbocycles. The minimum absolute atomic E-state index is 0.0149. The highest BCUT2D eigenvalue weighted by molar-refractivity contribution is 6.35. The molecule has 0 saturated heterocycles. The van der Waals surface area contributed by atoms with Gasteiger partial charge in [-0.15, -0.1) is 0 Å². The molecule has 10 heteroatoms. The second-order valence-corrected chi connectivity index (χ2v) is 6.25. The Morgan fingerprint density at radius 1 is 1.07 bits per heavy atom. The van der Waals surface area contributed by atoms with Crippen molar-refractivity contribution in [2.24, 2.45) is 0 Å². The second kappa shape index (κ2) is 9.57. The fraction of sp³-hybridized carbons (Fsp3) is 0.222. The van der Waals surface area contributed by atoms with Crippen molar-refractivity contribution in [2.75, 3.05) is 12.4 Å². The number of hydrogen-bond donors (Lipinski definition) is 1. The number of alkyl halides is 2. The highest BCUT2D eigenvalue weighted by Gasteiger charge is 2.21. The van der Waals surface area contributed by atoms with E-state index in [2.05, 4.69) is 10.1 Å². The van der Waals surface area contributed by atoms with E-state index in [1.54, 1.807) is 6.07 Å². The summed E-state index contributed by atoms with van der Waals surface area (Å²) in [6.07, 6.45) is -1.18. The summed E-state index contributed by atoms with van der Waals surface area (Å²) in [6, 6.07) is 8.02. The molecule has 1 amide bonds. The first kappa shape index (κ1) is 21.7. The molecule has 0 aliphatic heterocycles. The van der Waals surface area contributed by atoms with Crippen LogP contribution in [0.15, 0.2) is 36.4 Å². The molecular weight excluding hydrogens is 419 g/mol. The lowest BCUT2D eigenvalue weighted by molar-refractivity contribution is -0.123. The number of benzene rings is 2. The van der Waals surface area contributed by atoms with Crippen molar-refractivity contribution < 1.29 is 32.6 Å². The smallest absolute Gasteiger partial charge is 0.387 e. The number of amides is 1. The molecule has 2 aromatic rings. The van der Waals surface area contributed by atoms with Crippen molar-refractivity contribution in [3.8, 4) is 11.5 Å². The van der Waals surface area contributed by atoms with Gasteiger partial charge in [0.15, 0.2) is 17.6 Å². The molecule has 0 spiro atoms.